The quantitative estimate of drug-likeness (QED) is 0.314. The molecule has 5 aliphatic carbocycles. The summed E-state index contributed by atoms with van der Waals surface area (Å²) in [5.41, 5.74) is -0.0264. The molecule has 3 fully saturated rings. The first kappa shape index (κ1) is 32.2. The van der Waals surface area contributed by atoms with Gasteiger partial charge in [0.15, 0.2) is 11.6 Å². The van der Waals surface area contributed by atoms with E-state index in [-0.39, 0.29) is 57.5 Å². The number of hydrogen-bond donors (Lipinski definition) is 0. The topological polar surface area (TPSA) is 86.7 Å². The minimum absolute atomic E-state index is 0.0256. The standard InChI is InChI=1S/C39H52O6/c1-34(2)29-14-15-39(7)30(37(29,5)21-25(32(42)44-8)23-12-10-11-13-24(23)31(34)41)28(40)20-26-27-22-36(4,33(43)45-9)17-16-35(27,3)18-19-38(26,39)6/h10-13,20,25,27,29-30H,14-19,21-22H2,1-9H3/t25-,27?,29?,30?,35+,36-,37-,38+,39+/m0/s1. The number of benzene rings is 1. The number of esters is 2. The third kappa shape index (κ3) is 4.18. The van der Waals surface area contributed by atoms with Crippen LogP contribution in [-0.4, -0.2) is 37.7 Å². The summed E-state index contributed by atoms with van der Waals surface area (Å²) in [6.07, 6.45) is 8.49. The number of Topliss-reactive ketones (excluding diaryl/α,β-unsaturated/α-hetero) is 1. The zero-order valence-electron chi connectivity index (χ0n) is 28.8. The Morgan fingerprint density at radius 1 is 0.822 bits per heavy atom. The van der Waals surface area contributed by atoms with Crippen molar-refractivity contribution in [3.8, 4) is 0 Å². The minimum Gasteiger partial charge on any atom is -0.469 e. The van der Waals surface area contributed by atoms with Crippen LogP contribution in [0.15, 0.2) is 35.9 Å². The van der Waals surface area contributed by atoms with E-state index in [1.54, 1.807) is 0 Å². The average molecular weight is 617 g/mol. The summed E-state index contributed by atoms with van der Waals surface area (Å²) in [4.78, 5) is 56.0. The minimum atomic E-state index is -0.727. The van der Waals surface area contributed by atoms with Crippen molar-refractivity contribution in [2.45, 2.75) is 106 Å². The molecule has 0 spiro atoms. The summed E-state index contributed by atoms with van der Waals surface area (Å²) in [7, 11) is 2.88. The average Bonchev–Trinajstić information content (AvgIpc) is 3.00. The molecule has 244 valence electrons. The molecule has 0 aliphatic heterocycles. The zero-order valence-corrected chi connectivity index (χ0v) is 28.8. The van der Waals surface area contributed by atoms with E-state index in [0.29, 0.717) is 24.0 Å². The molecule has 5 aliphatic rings. The maximum absolute atomic E-state index is 14.9. The molecule has 1 aromatic carbocycles. The van der Waals surface area contributed by atoms with Gasteiger partial charge in [0.25, 0.3) is 0 Å². The molecule has 1 aromatic rings. The van der Waals surface area contributed by atoms with E-state index in [2.05, 4.69) is 27.7 Å². The van der Waals surface area contributed by atoms with Gasteiger partial charge in [0, 0.05) is 16.9 Å². The molecule has 0 aromatic heterocycles. The number of carbonyl (C=O) groups is 4. The molecule has 0 amide bonds. The smallest absolute Gasteiger partial charge is 0.313 e. The van der Waals surface area contributed by atoms with Crippen molar-refractivity contribution in [1.82, 2.24) is 0 Å². The summed E-state index contributed by atoms with van der Waals surface area (Å²) >= 11 is 0. The number of fused-ring (bicyclic) bond motifs is 8. The molecule has 0 N–H and O–H groups in total. The van der Waals surface area contributed by atoms with Crippen LogP contribution in [0.25, 0.3) is 0 Å². The Morgan fingerprint density at radius 3 is 2.16 bits per heavy atom. The van der Waals surface area contributed by atoms with Crippen LogP contribution in [0.4, 0.5) is 0 Å². The maximum Gasteiger partial charge on any atom is 0.313 e. The Labute approximate surface area is 269 Å². The Morgan fingerprint density at radius 2 is 1.49 bits per heavy atom. The van der Waals surface area contributed by atoms with Crippen molar-refractivity contribution in [3.05, 3.63) is 47.0 Å². The fraction of sp³-hybridized carbons (Fsp3) is 0.692. The van der Waals surface area contributed by atoms with Crippen LogP contribution in [0.3, 0.4) is 0 Å². The van der Waals surface area contributed by atoms with E-state index in [9.17, 15) is 19.2 Å². The van der Waals surface area contributed by atoms with Crippen molar-refractivity contribution in [2.75, 3.05) is 14.2 Å². The molecular weight excluding hydrogens is 564 g/mol. The summed E-state index contributed by atoms with van der Waals surface area (Å²) in [6, 6.07) is 7.49. The number of ketones is 2. The first-order valence-electron chi connectivity index (χ1n) is 17.0. The summed E-state index contributed by atoms with van der Waals surface area (Å²) < 4.78 is 10.7. The monoisotopic (exact) mass is 616 g/mol. The van der Waals surface area contributed by atoms with Crippen LogP contribution in [-0.2, 0) is 23.9 Å². The Kier molecular flexibility index (Phi) is 7.24. The van der Waals surface area contributed by atoms with E-state index >= 15 is 0 Å². The lowest BCUT2D eigenvalue weighted by atomic mass is 9.34. The van der Waals surface area contributed by atoms with Crippen LogP contribution in [0, 0.1) is 50.2 Å². The lowest BCUT2D eigenvalue weighted by Gasteiger charge is -2.69. The van der Waals surface area contributed by atoms with Gasteiger partial charge in [-0.3, -0.25) is 19.2 Å². The Bertz CT molecular complexity index is 1500. The van der Waals surface area contributed by atoms with E-state index in [1.807, 2.05) is 51.1 Å². The first-order valence-corrected chi connectivity index (χ1v) is 17.0. The van der Waals surface area contributed by atoms with Gasteiger partial charge in [-0.05, 0) is 103 Å². The van der Waals surface area contributed by atoms with Crippen molar-refractivity contribution < 1.29 is 28.7 Å². The maximum atomic E-state index is 14.9. The van der Waals surface area contributed by atoms with Crippen LogP contribution < -0.4 is 0 Å². The van der Waals surface area contributed by atoms with Gasteiger partial charge in [-0.1, -0.05) is 71.4 Å². The van der Waals surface area contributed by atoms with Gasteiger partial charge < -0.3 is 9.47 Å². The molecule has 0 radical (unpaired) electrons. The van der Waals surface area contributed by atoms with E-state index in [1.165, 1.54) is 19.8 Å². The lowest BCUT2D eigenvalue weighted by molar-refractivity contribution is -0.178. The van der Waals surface area contributed by atoms with Crippen molar-refractivity contribution >= 4 is 23.5 Å². The van der Waals surface area contributed by atoms with Crippen molar-refractivity contribution in [1.29, 1.82) is 0 Å². The SMILES string of the molecule is COC(=O)[C@H]1C[C@@]2(C)C(CC[C@]3(C)C2C(=O)C=C2C4C[C@@](C)(C(=O)OC)CC[C@]4(C)CC[C@]23C)C(C)(C)C(=O)c2ccccc21. The van der Waals surface area contributed by atoms with E-state index in [0.717, 1.165) is 38.5 Å². The third-order valence-corrected chi connectivity index (χ3v) is 14.7. The van der Waals surface area contributed by atoms with Gasteiger partial charge >= 0.3 is 11.9 Å². The largest absolute Gasteiger partial charge is 0.469 e. The van der Waals surface area contributed by atoms with Crippen LogP contribution >= 0.6 is 0 Å². The molecule has 6 heteroatoms. The summed E-state index contributed by atoms with van der Waals surface area (Å²) in [5, 5.41) is 0. The predicted molar refractivity (Wildman–Crippen MR) is 172 cm³/mol. The number of methoxy groups -OCH3 is 2. The van der Waals surface area contributed by atoms with Crippen LogP contribution in [0.2, 0.25) is 0 Å². The predicted octanol–water partition coefficient (Wildman–Crippen LogP) is 7.89. The number of carbonyl (C=O) groups excluding carboxylic acids is 4. The summed E-state index contributed by atoms with van der Waals surface area (Å²) in [6.45, 7) is 15.4. The van der Waals surface area contributed by atoms with E-state index in [4.69, 9.17) is 9.47 Å². The van der Waals surface area contributed by atoms with Crippen LogP contribution in [0.1, 0.15) is 122 Å². The second kappa shape index (κ2) is 10.1. The normalized spacial score (nSPS) is 43.5. The molecule has 45 heavy (non-hydrogen) atoms. The fourth-order valence-electron chi connectivity index (χ4n) is 11.9. The van der Waals surface area contributed by atoms with Gasteiger partial charge in [-0.25, -0.2) is 0 Å². The lowest BCUT2D eigenvalue weighted by Crippen LogP contribution is -2.65. The highest BCUT2D eigenvalue weighted by Crippen LogP contribution is 2.75. The second-order valence-electron chi connectivity index (χ2n) is 17.2. The number of allylic oxidation sites excluding steroid dienone is 2. The molecule has 0 saturated heterocycles. The highest BCUT2D eigenvalue weighted by molar-refractivity contribution is 6.03. The Balaban J connectivity index is 1.52. The van der Waals surface area contributed by atoms with Gasteiger partial charge in [0.2, 0.25) is 0 Å². The molecule has 0 heterocycles. The third-order valence-electron chi connectivity index (χ3n) is 14.7. The molecule has 0 bridgehead atoms. The summed E-state index contributed by atoms with van der Waals surface area (Å²) in [5.74, 6) is -1.33. The van der Waals surface area contributed by atoms with Crippen LogP contribution in [0.5, 0.6) is 0 Å². The number of hydrogen-bond acceptors (Lipinski definition) is 6. The molecular formula is C39H52O6. The highest BCUT2D eigenvalue weighted by atomic mass is 16.5. The highest BCUT2D eigenvalue weighted by Gasteiger charge is 2.70. The molecule has 6 rings (SSSR count). The van der Waals surface area contributed by atoms with Gasteiger partial charge in [0.05, 0.1) is 25.6 Å². The zero-order chi connectivity index (χ0) is 33.0. The van der Waals surface area contributed by atoms with Gasteiger partial charge in [0.1, 0.15) is 0 Å². The fourth-order valence-corrected chi connectivity index (χ4v) is 11.9. The Hall–Kier alpha value is -2.76. The molecule has 3 unspecified atom stereocenters. The van der Waals surface area contributed by atoms with Gasteiger partial charge in [-0.2, -0.15) is 0 Å². The molecule has 9 atom stereocenters. The molecule has 3 saturated carbocycles. The van der Waals surface area contributed by atoms with E-state index < -0.39 is 22.2 Å². The van der Waals surface area contributed by atoms with Gasteiger partial charge in [-0.15, -0.1) is 0 Å². The first-order chi connectivity index (χ1) is 20.9. The molecule has 6 nitrogen and oxygen atoms in total. The van der Waals surface area contributed by atoms with Crippen molar-refractivity contribution in [2.24, 2.45) is 50.2 Å². The number of rotatable bonds is 2. The van der Waals surface area contributed by atoms with Crippen molar-refractivity contribution in [3.63, 3.8) is 0 Å². The second-order valence-corrected chi connectivity index (χ2v) is 17.2. The number of ether oxygens (including phenoxy) is 2.